The molecule has 1 spiro atoms. The van der Waals surface area contributed by atoms with Crippen molar-refractivity contribution in [3.8, 4) is 0 Å². The van der Waals surface area contributed by atoms with Crippen LogP contribution in [0.1, 0.15) is 25.0 Å². The number of rotatable bonds is 3. The molecule has 4 rings (SSSR count). The Morgan fingerprint density at radius 2 is 1.73 bits per heavy atom. The van der Waals surface area contributed by atoms with Crippen molar-refractivity contribution < 1.29 is 23.1 Å². The van der Waals surface area contributed by atoms with Gasteiger partial charge >= 0.3 is 12.1 Å². The van der Waals surface area contributed by atoms with Gasteiger partial charge in [-0.3, -0.25) is 9.88 Å². The van der Waals surface area contributed by atoms with Crippen molar-refractivity contribution >= 4 is 11.9 Å². The minimum atomic E-state index is -5.08. The molecule has 2 saturated heterocycles. The van der Waals surface area contributed by atoms with Crippen LogP contribution < -0.4 is 4.90 Å². The molecule has 1 unspecified atom stereocenters. The van der Waals surface area contributed by atoms with Crippen LogP contribution in [0.25, 0.3) is 0 Å². The number of nitrogens with zero attached hydrogens (tertiary/aromatic N) is 5. The molecule has 7 nitrogen and oxygen atoms in total. The zero-order valence-corrected chi connectivity index (χ0v) is 16.4. The molecule has 0 amide bonds. The number of halogens is 3. The Bertz CT molecular complexity index is 822. The predicted molar refractivity (Wildman–Crippen MR) is 104 cm³/mol. The molecule has 162 valence electrons. The lowest BCUT2D eigenvalue weighted by molar-refractivity contribution is -0.192. The smallest absolute Gasteiger partial charge is 0.475 e. The summed E-state index contributed by atoms with van der Waals surface area (Å²) in [6.07, 6.45) is 4.29. The normalized spacial score (nSPS) is 21.9. The van der Waals surface area contributed by atoms with E-state index in [9.17, 15) is 13.2 Å². The van der Waals surface area contributed by atoms with Crippen LogP contribution in [0.3, 0.4) is 0 Å². The molecule has 4 heterocycles. The van der Waals surface area contributed by atoms with Crippen LogP contribution in [0.15, 0.2) is 42.9 Å². The predicted octanol–water partition coefficient (Wildman–Crippen LogP) is 3.00. The Morgan fingerprint density at radius 3 is 2.37 bits per heavy atom. The lowest BCUT2D eigenvalue weighted by Crippen LogP contribution is -2.45. The molecule has 30 heavy (non-hydrogen) atoms. The van der Waals surface area contributed by atoms with E-state index in [1.807, 2.05) is 30.7 Å². The van der Waals surface area contributed by atoms with Gasteiger partial charge in [0.2, 0.25) is 5.95 Å². The molecule has 2 aromatic rings. The number of carbonyl (C=O) groups is 1. The van der Waals surface area contributed by atoms with Crippen LogP contribution in [-0.4, -0.2) is 63.3 Å². The molecule has 2 aliphatic rings. The molecular formula is C20H24F3N5O2. The maximum absolute atomic E-state index is 10.6. The van der Waals surface area contributed by atoms with Crippen molar-refractivity contribution in [2.45, 2.75) is 32.0 Å². The van der Waals surface area contributed by atoms with E-state index in [-0.39, 0.29) is 0 Å². The summed E-state index contributed by atoms with van der Waals surface area (Å²) >= 11 is 0. The number of piperidine rings is 1. The molecule has 2 aliphatic heterocycles. The Hall–Kier alpha value is -2.75. The minimum Gasteiger partial charge on any atom is -0.475 e. The van der Waals surface area contributed by atoms with E-state index >= 15 is 0 Å². The van der Waals surface area contributed by atoms with E-state index in [4.69, 9.17) is 9.90 Å². The van der Waals surface area contributed by atoms with Crippen molar-refractivity contribution in [1.82, 2.24) is 19.9 Å². The lowest BCUT2D eigenvalue weighted by atomic mass is 9.79. The van der Waals surface area contributed by atoms with Gasteiger partial charge in [0.05, 0.1) is 5.69 Å². The highest BCUT2D eigenvalue weighted by molar-refractivity contribution is 5.73. The monoisotopic (exact) mass is 423 g/mol. The molecule has 2 aromatic heterocycles. The topological polar surface area (TPSA) is 82.5 Å². The highest BCUT2D eigenvalue weighted by atomic mass is 19.4. The molecule has 2 fully saturated rings. The Labute approximate surface area is 172 Å². The number of anilines is 1. The van der Waals surface area contributed by atoms with Crippen molar-refractivity contribution in [2.24, 2.45) is 5.41 Å². The number of hydrogen-bond donors (Lipinski definition) is 1. The number of aromatic nitrogens is 3. The Morgan fingerprint density at radius 1 is 1.03 bits per heavy atom. The van der Waals surface area contributed by atoms with Gasteiger partial charge in [0, 0.05) is 50.2 Å². The summed E-state index contributed by atoms with van der Waals surface area (Å²) < 4.78 is 31.7. The highest BCUT2D eigenvalue weighted by Crippen LogP contribution is 2.40. The minimum absolute atomic E-state index is 0.395. The largest absolute Gasteiger partial charge is 0.490 e. The first-order valence-electron chi connectivity index (χ1n) is 9.72. The van der Waals surface area contributed by atoms with Gasteiger partial charge in [-0.25, -0.2) is 14.8 Å². The summed E-state index contributed by atoms with van der Waals surface area (Å²) in [5.41, 5.74) is 1.57. The quantitative estimate of drug-likeness (QED) is 0.813. The molecule has 1 N–H and O–H groups in total. The van der Waals surface area contributed by atoms with Crippen molar-refractivity contribution in [3.63, 3.8) is 0 Å². The zero-order chi connectivity index (χ0) is 21.6. The summed E-state index contributed by atoms with van der Waals surface area (Å²) in [4.78, 5) is 27.2. The molecule has 0 aliphatic carbocycles. The van der Waals surface area contributed by atoms with Crippen molar-refractivity contribution in [1.29, 1.82) is 0 Å². The summed E-state index contributed by atoms with van der Waals surface area (Å²) in [6.45, 7) is 5.44. The average molecular weight is 423 g/mol. The van der Waals surface area contributed by atoms with Gasteiger partial charge in [0.1, 0.15) is 0 Å². The fraction of sp³-hybridized carbons (Fsp3) is 0.500. The number of likely N-dealkylation sites (tertiary alicyclic amines) is 1. The van der Waals surface area contributed by atoms with Gasteiger partial charge in [-0.2, -0.15) is 13.2 Å². The standard InChI is InChI=1S/C18H23N5.C2HF3O2/c1-2-8-19-16(5-1)13-22-12-7-18(14-22)6-3-11-23(15-18)17-20-9-4-10-21-17;3-2(4,5)1(6)7/h1-2,4-5,8-10H,3,6-7,11-15H2;(H,6,7). The summed E-state index contributed by atoms with van der Waals surface area (Å²) in [6, 6.07) is 8.06. The van der Waals surface area contributed by atoms with Crippen molar-refractivity contribution in [2.75, 3.05) is 31.1 Å². The number of hydrogen-bond acceptors (Lipinski definition) is 6. The number of alkyl halides is 3. The van der Waals surface area contributed by atoms with Crippen LogP contribution in [0.5, 0.6) is 0 Å². The van der Waals surface area contributed by atoms with Gasteiger partial charge in [-0.05, 0) is 44.0 Å². The number of carboxylic acids is 1. The van der Waals surface area contributed by atoms with Gasteiger partial charge in [-0.15, -0.1) is 0 Å². The van der Waals surface area contributed by atoms with E-state index in [1.54, 1.807) is 0 Å². The summed E-state index contributed by atoms with van der Waals surface area (Å²) in [5.74, 6) is -1.87. The van der Waals surface area contributed by atoms with E-state index in [0.29, 0.717) is 5.41 Å². The molecule has 1 atom stereocenters. The highest BCUT2D eigenvalue weighted by Gasteiger charge is 2.42. The van der Waals surface area contributed by atoms with Crippen LogP contribution in [0, 0.1) is 5.41 Å². The maximum atomic E-state index is 10.6. The third-order valence-corrected chi connectivity index (χ3v) is 5.37. The third-order valence-electron chi connectivity index (χ3n) is 5.37. The molecule has 0 bridgehead atoms. The second kappa shape index (κ2) is 9.38. The lowest BCUT2D eigenvalue weighted by Gasteiger charge is -2.40. The van der Waals surface area contributed by atoms with E-state index in [1.165, 1.54) is 31.5 Å². The molecule has 0 radical (unpaired) electrons. The fourth-order valence-electron chi connectivity index (χ4n) is 4.05. The SMILES string of the molecule is O=C(O)C(F)(F)F.c1ccc(CN2CCC3(CCCN(c4ncccn4)C3)C2)nc1. The maximum Gasteiger partial charge on any atom is 0.490 e. The van der Waals surface area contributed by atoms with Gasteiger partial charge in [-0.1, -0.05) is 6.07 Å². The molecule has 10 heteroatoms. The Balaban J connectivity index is 0.000000318. The molecule has 0 aromatic carbocycles. The zero-order valence-electron chi connectivity index (χ0n) is 16.4. The van der Waals surface area contributed by atoms with E-state index in [0.717, 1.165) is 32.1 Å². The first kappa shape index (κ1) is 21.9. The number of aliphatic carboxylic acids is 1. The number of pyridine rings is 1. The fourth-order valence-corrected chi connectivity index (χ4v) is 4.05. The van der Waals surface area contributed by atoms with Gasteiger partial charge < -0.3 is 10.0 Å². The van der Waals surface area contributed by atoms with E-state index < -0.39 is 12.1 Å². The second-order valence-electron chi connectivity index (χ2n) is 7.66. The van der Waals surface area contributed by atoms with E-state index in [2.05, 4.69) is 36.9 Å². The second-order valence-corrected chi connectivity index (χ2v) is 7.66. The Kier molecular flexibility index (Phi) is 6.86. The summed E-state index contributed by atoms with van der Waals surface area (Å²) in [5, 5.41) is 7.12. The van der Waals surface area contributed by atoms with Gasteiger partial charge in [0.15, 0.2) is 0 Å². The average Bonchev–Trinajstić information content (AvgIpc) is 3.10. The summed E-state index contributed by atoms with van der Waals surface area (Å²) in [7, 11) is 0. The first-order chi connectivity index (χ1) is 14.3. The first-order valence-corrected chi connectivity index (χ1v) is 9.72. The molecule has 0 saturated carbocycles. The van der Waals surface area contributed by atoms with Gasteiger partial charge in [0.25, 0.3) is 0 Å². The third kappa shape index (κ3) is 5.88. The van der Waals surface area contributed by atoms with Crippen LogP contribution in [0.4, 0.5) is 19.1 Å². The molecular weight excluding hydrogens is 399 g/mol. The number of carboxylic acid groups (broad SMARTS) is 1. The van der Waals surface area contributed by atoms with Crippen molar-refractivity contribution in [3.05, 3.63) is 48.5 Å². The van der Waals surface area contributed by atoms with Crippen LogP contribution in [0.2, 0.25) is 0 Å². The van der Waals surface area contributed by atoms with Crippen LogP contribution in [-0.2, 0) is 11.3 Å². The van der Waals surface area contributed by atoms with Crippen LogP contribution >= 0.6 is 0 Å².